The molecule has 0 amide bonds. The summed E-state index contributed by atoms with van der Waals surface area (Å²) >= 11 is 1.54. The van der Waals surface area contributed by atoms with Gasteiger partial charge in [0, 0.05) is 17.5 Å². The molecule has 0 bridgehead atoms. The van der Waals surface area contributed by atoms with Crippen LogP contribution >= 0.6 is 11.3 Å². The number of aromatic nitrogens is 1. The number of nitriles is 1. The van der Waals surface area contributed by atoms with E-state index in [-0.39, 0.29) is 0 Å². The summed E-state index contributed by atoms with van der Waals surface area (Å²) in [6, 6.07) is 8.61. The fraction of sp³-hybridized carbons (Fsp3) is 0.520. The van der Waals surface area contributed by atoms with Crippen LogP contribution in [0.15, 0.2) is 28.1 Å². The summed E-state index contributed by atoms with van der Waals surface area (Å²) in [6.45, 7) is 5.99. The summed E-state index contributed by atoms with van der Waals surface area (Å²) in [5, 5.41) is 16.8. The number of aryl methyl sites for hydroxylation is 2. The minimum atomic E-state index is 0.725. The molecule has 3 aromatic rings. The van der Waals surface area contributed by atoms with Crippen molar-refractivity contribution in [2.75, 3.05) is 19.7 Å². The number of nitrogens with zero attached hydrogens (tertiary/aromatic N) is 3. The van der Waals surface area contributed by atoms with Gasteiger partial charge in [-0.05, 0) is 99.5 Å². The molecule has 0 N–H and O–H groups in total. The minimum absolute atomic E-state index is 0.725. The number of fused-ring (bicyclic) bond motifs is 1. The van der Waals surface area contributed by atoms with Crippen LogP contribution in [0.25, 0.3) is 11.0 Å². The molecule has 0 atom stereocenters. The molecule has 0 unspecified atom stereocenters. The lowest BCUT2D eigenvalue weighted by Crippen LogP contribution is -2.33. The van der Waals surface area contributed by atoms with Gasteiger partial charge in [0.2, 0.25) is 0 Å². The van der Waals surface area contributed by atoms with E-state index in [0.29, 0.717) is 0 Å². The van der Waals surface area contributed by atoms with Gasteiger partial charge >= 0.3 is 0 Å². The maximum atomic E-state index is 9.22. The second-order valence-electron chi connectivity index (χ2n) is 9.09. The first-order valence-electron chi connectivity index (χ1n) is 11.4. The summed E-state index contributed by atoms with van der Waals surface area (Å²) in [7, 11) is 0. The van der Waals surface area contributed by atoms with Gasteiger partial charge in [0.1, 0.15) is 16.7 Å². The van der Waals surface area contributed by atoms with Gasteiger partial charge in [-0.25, -0.2) is 0 Å². The fourth-order valence-electron chi connectivity index (χ4n) is 4.57. The highest BCUT2D eigenvalue weighted by molar-refractivity contribution is 7.10. The van der Waals surface area contributed by atoms with Crippen molar-refractivity contribution in [3.8, 4) is 11.8 Å². The Kier molecular flexibility index (Phi) is 5.97. The van der Waals surface area contributed by atoms with Gasteiger partial charge in [-0.2, -0.15) is 5.26 Å². The number of rotatable bonds is 8. The van der Waals surface area contributed by atoms with Crippen LogP contribution in [0.2, 0.25) is 0 Å². The molecule has 5 nitrogen and oxygen atoms in total. The average molecular weight is 436 g/mol. The van der Waals surface area contributed by atoms with Gasteiger partial charge in [0.15, 0.2) is 5.58 Å². The largest absolute Gasteiger partial charge is 0.493 e. The first-order chi connectivity index (χ1) is 15.2. The molecular formula is C25H29N3O2S. The summed E-state index contributed by atoms with van der Waals surface area (Å²) < 4.78 is 11.7. The number of likely N-dealkylation sites (tertiary alicyclic amines) is 1. The Bertz CT molecular complexity index is 1080. The lowest BCUT2D eigenvalue weighted by Gasteiger charge is -2.31. The molecule has 162 valence electrons. The molecule has 1 aliphatic heterocycles. The number of piperidine rings is 1. The van der Waals surface area contributed by atoms with Gasteiger partial charge in [0.25, 0.3) is 0 Å². The highest BCUT2D eigenvalue weighted by Gasteiger charge is 2.24. The number of ether oxygens (including phenoxy) is 1. The molecule has 31 heavy (non-hydrogen) atoms. The summed E-state index contributed by atoms with van der Waals surface area (Å²) in [5.74, 6) is 2.40. The lowest BCUT2D eigenvalue weighted by molar-refractivity contribution is 0.172. The SMILES string of the molecule is Cc1c(OCC2CC2)ccc2c(CCC3CCN(Cc4ccsc4C#N)CC3)noc12. The molecule has 0 radical (unpaired) electrons. The van der Waals surface area contributed by atoms with E-state index in [1.165, 1.54) is 31.2 Å². The van der Waals surface area contributed by atoms with E-state index in [1.807, 2.05) is 5.38 Å². The molecule has 2 aliphatic rings. The Labute approximate surface area is 187 Å². The molecular weight excluding hydrogens is 406 g/mol. The van der Waals surface area contributed by atoms with Crippen LogP contribution in [0, 0.1) is 30.1 Å². The molecule has 1 saturated heterocycles. The van der Waals surface area contributed by atoms with E-state index >= 15 is 0 Å². The van der Waals surface area contributed by atoms with Crippen LogP contribution in [0.4, 0.5) is 0 Å². The Balaban J connectivity index is 1.14. The molecule has 6 heteroatoms. The van der Waals surface area contributed by atoms with Gasteiger partial charge in [-0.3, -0.25) is 4.90 Å². The minimum Gasteiger partial charge on any atom is -0.493 e. The van der Waals surface area contributed by atoms with E-state index in [4.69, 9.17) is 9.26 Å². The molecule has 1 saturated carbocycles. The van der Waals surface area contributed by atoms with E-state index in [9.17, 15) is 5.26 Å². The summed E-state index contributed by atoms with van der Waals surface area (Å²) in [5.41, 5.74) is 4.19. The number of thiophene rings is 1. The molecule has 3 heterocycles. The molecule has 5 rings (SSSR count). The second kappa shape index (κ2) is 9.02. The smallest absolute Gasteiger partial charge is 0.173 e. The zero-order chi connectivity index (χ0) is 21.2. The van der Waals surface area contributed by atoms with Crippen LogP contribution < -0.4 is 4.74 Å². The predicted molar refractivity (Wildman–Crippen MR) is 122 cm³/mol. The number of hydrogen-bond donors (Lipinski definition) is 0. The van der Waals surface area contributed by atoms with Gasteiger partial charge in [0.05, 0.1) is 12.3 Å². The summed E-state index contributed by atoms with van der Waals surface area (Å²) in [4.78, 5) is 3.34. The Hall–Kier alpha value is -2.36. The first-order valence-corrected chi connectivity index (χ1v) is 12.3. The van der Waals surface area contributed by atoms with E-state index in [1.54, 1.807) is 11.3 Å². The molecule has 0 spiro atoms. The maximum Gasteiger partial charge on any atom is 0.173 e. The molecule has 1 aromatic carbocycles. The number of hydrogen-bond acceptors (Lipinski definition) is 6. The van der Waals surface area contributed by atoms with Crippen molar-refractivity contribution in [1.82, 2.24) is 10.1 Å². The van der Waals surface area contributed by atoms with E-state index in [2.05, 4.69) is 41.2 Å². The Morgan fingerprint density at radius 3 is 2.81 bits per heavy atom. The fourth-order valence-corrected chi connectivity index (χ4v) is 5.28. The average Bonchev–Trinajstić information content (AvgIpc) is 3.35. The van der Waals surface area contributed by atoms with Crippen LogP contribution in [0.1, 0.15) is 53.8 Å². The molecule has 2 fully saturated rings. The highest BCUT2D eigenvalue weighted by Crippen LogP contribution is 2.34. The van der Waals surface area contributed by atoms with Crippen LogP contribution in [0.5, 0.6) is 5.75 Å². The van der Waals surface area contributed by atoms with Gasteiger partial charge in [-0.1, -0.05) is 5.16 Å². The summed E-state index contributed by atoms with van der Waals surface area (Å²) in [6.07, 6.45) is 7.11. The van der Waals surface area contributed by atoms with Gasteiger partial charge in [-0.15, -0.1) is 11.3 Å². The monoisotopic (exact) mass is 435 g/mol. The Morgan fingerprint density at radius 2 is 2.03 bits per heavy atom. The second-order valence-corrected chi connectivity index (χ2v) is 10.0. The molecule has 2 aromatic heterocycles. The lowest BCUT2D eigenvalue weighted by atomic mass is 9.91. The highest BCUT2D eigenvalue weighted by atomic mass is 32.1. The van der Waals surface area contributed by atoms with Crippen molar-refractivity contribution in [3.63, 3.8) is 0 Å². The van der Waals surface area contributed by atoms with Crippen molar-refractivity contribution in [1.29, 1.82) is 5.26 Å². The van der Waals surface area contributed by atoms with Crippen molar-refractivity contribution >= 4 is 22.3 Å². The third-order valence-corrected chi connectivity index (χ3v) is 7.69. The maximum absolute atomic E-state index is 9.22. The van der Waals surface area contributed by atoms with E-state index in [0.717, 1.165) is 83.8 Å². The normalized spacial score (nSPS) is 17.8. The third-order valence-electron chi connectivity index (χ3n) is 6.82. The molecule has 1 aliphatic carbocycles. The zero-order valence-electron chi connectivity index (χ0n) is 18.1. The van der Waals surface area contributed by atoms with Gasteiger partial charge < -0.3 is 9.26 Å². The van der Waals surface area contributed by atoms with E-state index < -0.39 is 0 Å². The van der Waals surface area contributed by atoms with Crippen molar-refractivity contribution < 1.29 is 9.26 Å². The zero-order valence-corrected chi connectivity index (χ0v) is 18.9. The predicted octanol–water partition coefficient (Wildman–Crippen LogP) is 5.70. The van der Waals surface area contributed by atoms with Crippen LogP contribution in [-0.4, -0.2) is 29.8 Å². The van der Waals surface area contributed by atoms with Crippen LogP contribution in [0.3, 0.4) is 0 Å². The van der Waals surface area contributed by atoms with Crippen LogP contribution in [-0.2, 0) is 13.0 Å². The Morgan fingerprint density at radius 1 is 1.19 bits per heavy atom. The number of benzene rings is 1. The van der Waals surface area contributed by atoms with Crippen molar-refractivity contribution in [2.45, 2.75) is 52.0 Å². The standard InChI is InChI=1S/C25H29N3O2S/c1-17-23(29-16-19-2-3-19)7-5-21-22(27-30-25(17)21)6-4-18-8-11-28(12-9-18)15-20-10-13-31-24(20)14-26/h5,7,10,13,18-19H,2-4,6,8-9,11-12,15-16H2,1H3. The van der Waals surface area contributed by atoms with Crippen molar-refractivity contribution in [2.24, 2.45) is 11.8 Å². The topological polar surface area (TPSA) is 62.3 Å². The first kappa shape index (κ1) is 20.5. The third kappa shape index (κ3) is 4.63. The quantitative estimate of drug-likeness (QED) is 0.454. The van der Waals surface area contributed by atoms with Crippen molar-refractivity contribution in [3.05, 3.63) is 45.3 Å².